The van der Waals surface area contributed by atoms with E-state index >= 15 is 0 Å². The molecule has 7 heteroatoms. The maximum absolute atomic E-state index is 12.6. The first-order chi connectivity index (χ1) is 13.6. The number of carbonyl (C=O) groups is 3. The van der Waals surface area contributed by atoms with Crippen LogP contribution in [0.4, 0.5) is 0 Å². The fraction of sp³-hybridized carbons (Fsp3) is 0.286. The summed E-state index contributed by atoms with van der Waals surface area (Å²) in [6, 6.07) is 14.0. The molecule has 1 fully saturated rings. The van der Waals surface area contributed by atoms with E-state index in [-0.39, 0.29) is 17.7 Å². The summed E-state index contributed by atoms with van der Waals surface area (Å²) < 4.78 is 0. The third kappa shape index (κ3) is 3.41. The molecule has 0 saturated carbocycles. The van der Waals surface area contributed by atoms with E-state index in [4.69, 9.17) is 11.6 Å². The van der Waals surface area contributed by atoms with E-state index in [1.807, 2.05) is 0 Å². The summed E-state index contributed by atoms with van der Waals surface area (Å²) in [6.07, 6.45) is 0. The van der Waals surface area contributed by atoms with E-state index in [0.717, 1.165) is 0 Å². The topological polar surface area (TPSA) is 60.9 Å². The Morgan fingerprint density at radius 3 is 2.00 bits per heavy atom. The second-order valence-corrected chi connectivity index (χ2v) is 7.33. The predicted octanol–water partition coefficient (Wildman–Crippen LogP) is 2.39. The molecule has 0 aliphatic carbocycles. The average molecular weight is 398 g/mol. The van der Waals surface area contributed by atoms with Crippen molar-refractivity contribution < 1.29 is 14.4 Å². The number of piperazine rings is 1. The van der Waals surface area contributed by atoms with Crippen LogP contribution in [-0.4, -0.2) is 71.7 Å². The van der Waals surface area contributed by atoms with Gasteiger partial charge in [-0.25, -0.2) is 0 Å². The van der Waals surface area contributed by atoms with Crippen LogP contribution in [0.3, 0.4) is 0 Å². The summed E-state index contributed by atoms with van der Waals surface area (Å²) in [5.41, 5.74) is 1.47. The van der Waals surface area contributed by atoms with E-state index in [9.17, 15) is 14.4 Å². The van der Waals surface area contributed by atoms with Gasteiger partial charge in [0, 0.05) is 39.3 Å². The maximum Gasteiger partial charge on any atom is 0.261 e. The number of amides is 3. The minimum atomic E-state index is -0.229. The van der Waals surface area contributed by atoms with Gasteiger partial charge in [0.2, 0.25) is 0 Å². The highest BCUT2D eigenvalue weighted by molar-refractivity contribution is 6.33. The van der Waals surface area contributed by atoms with Crippen LogP contribution in [0, 0.1) is 0 Å². The van der Waals surface area contributed by atoms with Crippen LogP contribution in [0.15, 0.2) is 48.5 Å². The zero-order valence-corrected chi connectivity index (χ0v) is 16.1. The Morgan fingerprint density at radius 1 is 0.821 bits per heavy atom. The third-order valence-corrected chi connectivity index (χ3v) is 5.61. The lowest BCUT2D eigenvalue weighted by Gasteiger charge is -2.35. The van der Waals surface area contributed by atoms with Crippen molar-refractivity contribution in [3.63, 3.8) is 0 Å². The van der Waals surface area contributed by atoms with Gasteiger partial charge in [0.05, 0.1) is 21.7 Å². The molecule has 4 rings (SSSR count). The summed E-state index contributed by atoms with van der Waals surface area (Å²) in [7, 11) is 0. The number of rotatable bonds is 4. The molecular weight excluding hydrogens is 378 g/mol. The Labute approximate surface area is 168 Å². The molecule has 2 aliphatic heterocycles. The summed E-state index contributed by atoms with van der Waals surface area (Å²) in [5, 5.41) is 0.459. The molecule has 3 amide bonds. The first-order valence-electron chi connectivity index (χ1n) is 9.27. The number of benzene rings is 2. The zero-order chi connectivity index (χ0) is 19.7. The van der Waals surface area contributed by atoms with Crippen LogP contribution < -0.4 is 0 Å². The van der Waals surface area contributed by atoms with Crippen molar-refractivity contribution in [2.24, 2.45) is 0 Å². The van der Waals surface area contributed by atoms with Crippen LogP contribution in [0.2, 0.25) is 5.02 Å². The lowest BCUT2D eigenvalue weighted by molar-refractivity contribution is 0.0578. The van der Waals surface area contributed by atoms with Crippen molar-refractivity contribution in [1.29, 1.82) is 0 Å². The highest BCUT2D eigenvalue weighted by Gasteiger charge is 2.35. The summed E-state index contributed by atoms with van der Waals surface area (Å²) in [4.78, 5) is 42.8. The van der Waals surface area contributed by atoms with Crippen LogP contribution in [0.25, 0.3) is 0 Å². The first-order valence-corrected chi connectivity index (χ1v) is 9.65. The van der Waals surface area contributed by atoms with E-state index in [2.05, 4.69) is 4.90 Å². The molecule has 0 spiro atoms. The molecule has 0 N–H and O–H groups in total. The Morgan fingerprint density at radius 2 is 1.39 bits per heavy atom. The van der Waals surface area contributed by atoms with Crippen molar-refractivity contribution in [3.8, 4) is 0 Å². The third-order valence-electron chi connectivity index (χ3n) is 5.28. The van der Waals surface area contributed by atoms with Crippen molar-refractivity contribution in [1.82, 2.24) is 14.7 Å². The van der Waals surface area contributed by atoms with Gasteiger partial charge in [-0.3, -0.25) is 24.2 Å². The van der Waals surface area contributed by atoms with E-state index in [1.54, 1.807) is 53.4 Å². The number of fused-ring (bicyclic) bond motifs is 1. The van der Waals surface area contributed by atoms with Gasteiger partial charge in [-0.05, 0) is 24.3 Å². The van der Waals surface area contributed by atoms with Crippen LogP contribution in [-0.2, 0) is 0 Å². The highest BCUT2D eigenvalue weighted by Crippen LogP contribution is 2.22. The van der Waals surface area contributed by atoms with Crippen molar-refractivity contribution in [2.45, 2.75) is 0 Å². The fourth-order valence-electron chi connectivity index (χ4n) is 3.66. The molecule has 2 aromatic carbocycles. The van der Waals surface area contributed by atoms with E-state index in [1.165, 1.54) is 4.90 Å². The van der Waals surface area contributed by atoms with Gasteiger partial charge in [0.25, 0.3) is 17.7 Å². The Hall–Kier alpha value is -2.70. The quantitative estimate of drug-likeness (QED) is 0.743. The molecule has 0 aromatic heterocycles. The van der Waals surface area contributed by atoms with E-state index in [0.29, 0.717) is 61.0 Å². The minimum Gasteiger partial charge on any atom is -0.336 e. The Balaban J connectivity index is 1.31. The number of carbonyl (C=O) groups excluding carboxylic acids is 3. The summed E-state index contributed by atoms with van der Waals surface area (Å²) in [5.74, 6) is -0.521. The molecule has 1 saturated heterocycles. The lowest BCUT2D eigenvalue weighted by atomic mass is 10.1. The number of hydrogen-bond donors (Lipinski definition) is 0. The van der Waals surface area contributed by atoms with Gasteiger partial charge in [0.15, 0.2) is 0 Å². The van der Waals surface area contributed by atoms with Gasteiger partial charge >= 0.3 is 0 Å². The minimum absolute atomic E-state index is 0.0643. The largest absolute Gasteiger partial charge is 0.336 e. The SMILES string of the molecule is O=C(c1ccccc1Cl)N1CCN(CCN2C(=O)c3ccccc3C2=O)CC1. The average Bonchev–Trinajstić information content (AvgIpc) is 2.97. The first kappa shape index (κ1) is 18.7. The smallest absolute Gasteiger partial charge is 0.261 e. The maximum atomic E-state index is 12.6. The standard InChI is InChI=1S/C21H20ClN3O3/c22-18-8-4-3-7-17(18)19(26)24-12-9-23(10-13-24)11-14-25-20(27)15-5-1-2-6-16(15)21(25)28/h1-8H,9-14H2. The number of hydrogen-bond acceptors (Lipinski definition) is 4. The lowest BCUT2D eigenvalue weighted by Crippen LogP contribution is -2.50. The van der Waals surface area contributed by atoms with Gasteiger partial charge in [0.1, 0.15) is 0 Å². The van der Waals surface area contributed by atoms with Gasteiger partial charge in [-0.2, -0.15) is 0 Å². The summed E-state index contributed by atoms with van der Waals surface area (Å²) in [6.45, 7) is 3.52. The molecule has 144 valence electrons. The van der Waals surface area contributed by atoms with Crippen LogP contribution in [0.1, 0.15) is 31.1 Å². The monoisotopic (exact) mass is 397 g/mol. The molecule has 0 bridgehead atoms. The van der Waals surface area contributed by atoms with Crippen LogP contribution >= 0.6 is 11.6 Å². The molecule has 2 heterocycles. The van der Waals surface area contributed by atoms with Gasteiger partial charge < -0.3 is 4.90 Å². The fourth-order valence-corrected chi connectivity index (χ4v) is 3.88. The van der Waals surface area contributed by atoms with Crippen molar-refractivity contribution in [2.75, 3.05) is 39.3 Å². The molecular formula is C21H20ClN3O3. The number of imide groups is 1. The normalized spacial score (nSPS) is 17.2. The van der Waals surface area contributed by atoms with Gasteiger partial charge in [-0.15, -0.1) is 0 Å². The van der Waals surface area contributed by atoms with Crippen molar-refractivity contribution in [3.05, 3.63) is 70.2 Å². The van der Waals surface area contributed by atoms with Crippen LogP contribution in [0.5, 0.6) is 0 Å². The molecule has 6 nitrogen and oxygen atoms in total. The molecule has 0 unspecified atom stereocenters. The highest BCUT2D eigenvalue weighted by atomic mass is 35.5. The second kappa shape index (κ2) is 7.73. The number of halogens is 1. The molecule has 2 aromatic rings. The summed E-state index contributed by atoms with van der Waals surface area (Å²) >= 11 is 6.13. The van der Waals surface area contributed by atoms with E-state index < -0.39 is 0 Å². The number of nitrogens with zero attached hydrogens (tertiary/aromatic N) is 3. The Bertz CT molecular complexity index is 903. The predicted molar refractivity (Wildman–Crippen MR) is 106 cm³/mol. The molecule has 0 radical (unpaired) electrons. The van der Waals surface area contributed by atoms with Gasteiger partial charge in [-0.1, -0.05) is 35.9 Å². The molecule has 2 aliphatic rings. The zero-order valence-electron chi connectivity index (χ0n) is 15.3. The Kier molecular flexibility index (Phi) is 5.15. The molecule has 28 heavy (non-hydrogen) atoms. The molecule has 0 atom stereocenters. The van der Waals surface area contributed by atoms with Crippen molar-refractivity contribution >= 4 is 29.3 Å². The second-order valence-electron chi connectivity index (χ2n) is 6.92.